The molecule has 0 atom stereocenters. The Hall–Kier alpha value is -3.87. The normalized spacial score (nSPS) is 13.0. The molecule has 3 aromatic carbocycles. The summed E-state index contributed by atoms with van der Waals surface area (Å²) in [5, 5.41) is 8.45. The van der Waals surface area contributed by atoms with Gasteiger partial charge in [0.2, 0.25) is 0 Å². The summed E-state index contributed by atoms with van der Waals surface area (Å²) in [4.78, 5) is 27.7. The highest BCUT2D eigenvalue weighted by Gasteiger charge is 2.19. The van der Waals surface area contributed by atoms with Crippen molar-refractivity contribution in [1.82, 2.24) is 5.32 Å². The van der Waals surface area contributed by atoms with Gasteiger partial charge in [-0.3, -0.25) is 4.79 Å². The van der Waals surface area contributed by atoms with Crippen LogP contribution in [0, 0.1) is 19.7 Å². The number of halogens is 1. The minimum absolute atomic E-state index is 0.224. The van der Waals surface area contributed by atoms with Gasteiger partial charge in [-0.05, 0) is 68.1 Å². The van der Waals surface area contributed by atoms with Crippen LogP contribution in [-0.2, 0) is 6.54 Å². The van der Waals surface area contributed by atoms with Gasteiger partial charge in [-0.15, -0.1) is 0 Å². The van der Waals surface area contributed by atoms with E-state index in [1.54, 1.807) is 31.2 Å². The zero-order valence-corrected chi connectivity index (χ0v) is 19.5. The first-order valence-electron chi connectivity index (χ1n) is 11.5. The van der Waals surface area contributed by atoms with Gasteiger partial charge in [0.1, 0.15) is 5.82 Å². The zero-order valence-electron chi connectivity index (χ0n) is 19.5. The van der Waals surface area contributed by atoms with Gasteiger partial charge in [0.05, 0.1) is 11.4 Å². The third-order valence-corrected chi connectivity index (χ3v) is 5.96. The number of urea groups is 1. The average Bonchev–Trinajstić information content (AvgIpc) is 3.35. The standard InChI is InChI=1S/C27H29FN4O2/c1-18-5-8-20(9-6-18)17-29-26(33)21-10-12-25(32-13-3-4-14-32)24(15-21)31-27(34)30-22-11-7-19(2)23(28)16-22/h5-12,15-16H,3-4,13-14,17H2,1-2H3,(H,29,33)(H2,30,31,34). The van der Waals surface area contributed by atoms with E-state index in [2.05, 4.69) is 20.9 Å². The molecule has 1 saturated heterocycles. The van der Waals surface area contributed by atoms with E-state index in [1.165, 1.54) is 6.07 Å². The van der Waals surface area contributed by atoms with E-state index in [-0.39, 0.29) is 11.7 Å². The van der Waals surface area contributed by atoms with Crippen LogP contribution in [0.1, 0.15) is 39.9 Å². The summed E-state index contributed by atoms with van der Waals surface area (Å²) >= 11 is 0. The van der Waals surface area contributed by atoms with E-state index < -0.39 is 6.03 Å². The Morgan fingerprint density at radius 3 is 2.35 bits per heavy atom. The Morgan fingerprint density at radius 2 is 1.65 bits per heavy atom. The molecule has 0 radical (unpaired) electrons. The lowest BCUT2D eigenvalue weighted by molar-refractivity contribution is 0.0951. The van der Waals surface area contributed by atoms with Crippen LogP contribution in [0.3, 0.4) is 0 Å². The number of anilines is 3. The fourth-order valence-electron chi connectivity index (χ4n) is 3.96. The maximum absolute atomic E-state index is 13.9. The van der Waals surface area contributed by atoms with Crippen LogP contribution < -0.4 is 20.9 Å². The predicted molar refractivity (Wildman–Crippen MR) is 134 cm³/mol. The van der Waals surface area contributed by atoms with Crippen molar-refractivity contribution in [1.29, 1.82) is 0 Å². The summed E-state index contributed by atoms with van der Waals surface area (Å²) in [6.07, 6.45) is 2.15. The van der Waals surface area contributed by atoms with Crippen molar-refractivity contribution < 1.29 is 14.0 Å². The van der Waals surface area contributed by atoms with E-state index in [0.29, 0.717) is 29.0 Å². The van der Waals surface area contributed by atoms with Gasteiger partial charge in [-0.2, -0.15) is 0 Å². The van der Waals surface area contributed by atoms with Gasteiger partial charge >= 0.3 is 6.03 Å². The molecule has 1 heterocycles. The first-order chi connectivity index (χ1) is 16.4. The van der Waals surface area contributed by atoms with Crippen molar-refractivity contribution >= 4 is 29.0 Å². The monoisotopic (exact) mass is 460 g/mol. The minimum Gasteiger partial charge on any atom is -0.370 e. The lowest BCUT2D eigenvalue weighted by Crippen LogP contribution is -2.26. The Balaban J connectivity index is 1.50. The molecule has 0 bridgehead atoms. The van der Waals surface area contributed by atoms with Crippen LogP contribution in [0.5, 0.6) is 0 Å². The number of carbonyl (C=O) groups excluding carboxylic acids is 2. The SMILES string of the molecule is Cc1ccc(CNC(=O)c2ccc(N3CCCC3)c(NC(=O)Nc3ccc(C)c(F)c3)c2)cc1. The van der Waals surface area contributed by atoms with Crippen molar-refractivity contribution in [3.8, 4) is 0 Å². The fourth-order valence-corrected chi connectivity index (χ4v) is 3.96. The van der Waals surface area contributed by atoms with E-state index in [1.807, 2.05) is 37.3 Å². The second-order valence-electron chi connectivity index (χ2n) is 8.64. The molecule has 0 spiro atoms. The van der Waals surface area contributed by atoms with Crippen LogP contribution >= 0.6 is 0 Å². The summed E-state index contributed by atoms with van der Waals surface area (Å²) in [7, 11) is 0. The highest BCUT2D eigenvalue weighted by Crippen LogP contribution is 2.30. The zero-order chi connectivity index (χ0) is 24.1. The van der Waals surface area contributed by atoms with E-state index in [9.17, 15) is 14.0 Å². The number of rotatable bonds is 6. The van der Waals surface area contributed by atoms with Crippen molar-refractivity contribution in [2.24, 2.45) is 0 Å². The maximum Gasteiger partial charge on any atom is 0.323 e. The molecule has 176 valence electrons. The number of hydrogen-bond donors (Lipinski definition) is 3. The smallest absolute Gasteiger partial charge is 0.323 e. The number of benzene rings is 3. The molecular formula is C27H29FN4O2. The topological polar surface area (TPSA) is 73.5 Å². The molecule has 4 rings (SSSR count). The van der Waals surface area contributed by atoms with Gasteiger partial charge in [0, 0.05) is 30.9 Å². The molecule has 7 heteroatoms. The first kappa shape index (κ1) is 23.3. The molecule has 1 aliphatic heterocycles. The second-order valence-corrected chi connectivity index (χ2v) is 8.64. The number of amides is 3. The molecule has 3 amide bonds. The van der Waals surface area contributed by atoms with Gasteiger partial charge in [0.15, 0.2) is 0 Å². The van der Waals surface area contributed by atoms with Crippen LogP contribution in [-0.4, -0.2) is 25.0 Å². The highest BCUT2D eigenvalue weighted by molar-refractivity contribution is 6.04. The van der Waals surface area contributed by atoms with Crippen LogP contribution in [0.15, 0.2) is 60.7 Å². The summed E-state index contributed by atoms with van der Waals surface area (Å²) in [5.74, 6) is -0.611. The molecule has 1 fully saturated rings. The molecule has 0 saturated carbocycles. The number of carbonyl (C=O) groups is 2. The molecule has 0 aliphatic carbocycles. The van der Waals surface area contributed by atoms with Gasteiger partial charge in [-0.1, -0.05) is 35.9 Å². The minimum atomic E-state index is -0.499. The van der Waals surface area contributed by atoms with Gasteiger partial charge < -0.3 is 20.9 Å². The molecule has 34 heavy (non-hydrogen) atoms. The van der Waals surface area contributed by atoms with Crippen molar-refractivity contribution in [2.75, 3.05) is 28.6 Å². The number of nitrogens with one attached hydrogen (secondary N) is 3. The van der Waals surface area contributed by atoms with Crippen molar-refractivity contribution in [3.63, 3.8) is 0 Å². The number of aryl methyl sites for hydroxylation is 2. The molecule has 3 aromatic rings. The lowest BCUT2D eigenvalue weighted by atomic mass is 10.1. The van der Waals surface area contributed by atoms with Gasteiger partial charge in [0.25, 0.3) is 5.91 Å². The first-order valence-corrected chi connectivity index (χ1v) is 11.5. The highest BCUT2D eigenvalue weighted by atomic mass is 19.1. The molecule has 3 N–H and O–H groups in total. The molecule has 1 aliphatic rings. The molecular weight excluding hydrogens is 431 g/mol. The number of nitrogens with zero attached hydrogens (tertiary/aromatic N) is 1. The average molecular weight is 461 g/mol. The largest absolute Gasteiger partial charge is 0.370 e. The summed E-state index contributed by atoms with van der Waals surface area (Å²) in [6.45, 7) is 5.87. The fraction of sp³-hybridized carbons (Fsp3) is 0.259. The third-order valence-electron chi connectivity index (χ3n) is 5.96. The second kappa shape index (κ2) is 10.4. The van der Waals surface area contributed by atoms with Crippen molar-refractivity contribution in [3.05, 3.63) is 88.7 Å². The third kappa shape index (κ3) is 5.73. The number of hydrogen-bond acceptors (Lipinski definition) is 3. The molecule has 0 unspecified atom stereocenters. The maximum atomic E-state index is 13.9. The Morgan fingerprint density at radius 1 is 0.912 bits per heavy atom. The van der Waals surface area contributed by atoms with Crippen LogP contribution in [0.25, 0.3) is 0 Å². The van der Waals surface area contributed by atoms with Gasteiger partial charge in [-0.25, -0.2) is 9.18 Å². The van der Waals surface area contributed by atoms with Crippen LogP contribution in [0.2, 0.25) is 0 Å². The summed E-state index contributed by atoms with van der Waals surface area (Å²) in [6, 6.07) is 17.4. The van der Waals surface area contributed by atoms with E-state index in [4.69, 9.17) is 0 Å². The summed E-state index contributed by atoms with van der Waals surface area (Å²) < 4.78 is 13.9. The van der Waals surface area contributed by atoms with Crippen LogP contribution in [0.4, 0.5) is 26.2 Å². The lowest BCUT2D eigenvalue weighted by Gasteiger charge is -2.22. The Kier molecular flexibility index (Phi) is 7.11. The predicted octanol–water partition coefficient (Wildman–Crippen LogP) is 5.62. The van der Waals surface area contributed by atoms with E-state index in [0.717, 1.165) is 42.7 Å². The summed E-state index contributed by atoms with van der Waals surface area (Å²) in [5.41, 5.74) is 4.88. The molecule has 0 aromatic heterocycles. The quantitative estimate of drug-likeness (QED) is 0.447. The van der Waals surface area contributed by atoms with E-state index >= 15 is 0 Å². The Labute approximate surface area is 199 Å². The van der Waals surface area contributed by atoms with Crippen molar-refractivity contribution in [2.45, 2.75) is 33.2 Å². The molecule has 6 nitrogen and oxygen atoms in total. The Bertz CT molecular complexity index is 1190.